The molecule has 17 heavy (non-hydrogen) atoms. The van der Waals surface area contributed by atoms with E-state index in [1.165, 1.54) is 0 Å². The second-order valence-corrected chi connectivity index (χ2v) is 3.90. The lowest BCUT2D eigenvalue weighted by Gasteiger charge is -2.04. The minimum atomic E-state index is 0.766. The Morgan fingerprint density at radius 3 is 2.88 bits per heavy atom. The highest BCUT2D eigenvalue weighted by Gasteiger charge is 2.00. The zero-order chi connectivity index (χ0) is 12.3. The summed E-state index contributed by atoms with van der Waals surface area (Å²) in [6, 6.07) is 5.90. The van der Waals surface area contributed by atoms with Gasteiger partial charge in [0.25, 0.3) is 0 Å². The molecule has 88 valence electrons. The molecule has 0 aliphatic carbocycles. The Bertz CT molecular complexity index is 543. The Morgan fingerprint density at radius 2 is 2.24 bits per heavy atom. The molecule has 0 saturated carbocycles. The van der Waals surface area contributed by atoms with Crippen LogP contribution in [-0.2, 0) is 7.05 Å². The molecule has 2 rings (SSSR count). The fourth-order valence-electron chi connectivity index (χ4n) is 1.54. The summed E-state index contributed by atoms with van der Waals surface area (Å²) in [6.45, 7) is 2.03. The summed E-state index contributed by atoms with van der Waals surface area (Å²) in [6.07, 6.45) is 5.39. The van der Waals surface area contributed by atoms with E-state index in [4.69, 9.17) is 4.74 Å². The number of nitrogens with zero attached hydrogens (tertiary/aromatic N) is 3. The number of rotatable bonds is 3. The predicted octanol–water partition coefficient (Wildman–Crippen LogP) is 2.49. The van der Waals surface area contributed by atoms with Gasteiger partial charge in [-0.2, -0.15) is 0 Å². The van der Waals surface area contributed by atoms with Crippen molar-refractivity contribution in [1.82, 2.24) is 9.55 Å². The quantitative estimate of drug-likeness (QED) is 0.758. The molecule has 0 saturated heterocycles. The average Bonchev–Trinajstić information content (AvgIpc) is 2.73. The number of methoxy groups -OCH3 is 1. The summed E-state index contributed by atoms with van der Waals surface area (Å²) in [5.41, 5.74) is 2.80. The van der Waals surface area contributed by atoms with Gasteiger partial charge in [-0.3, -0.25) is 4.99 Å². The summed E-state index contributed by atoms with van der Waals surface area (Å²) in [7, 11) is 3.57. The maximum Gasteiger partial charge on any atom is 0.144 e. The summed E-state index contributed by atoms with van der Waals surface area (Å²) in [5, 5.41) is 0. The summed E-state index contributed by atoms with van der Waals surface area (Å²) in [5.74, 6) is 0.766. The third-order valence-electron chi connectivity index (χ3n) is 2.40. The third-order valence-corrected chi connectivity index (χ3v) is 2.40. The third kappa shape index (κ3) is 2.72. The van der Waals surface area contributed by atoms with Crippen LogP contribution < -0.4 is 4.74 Å². The SMILES string of the molecule is COc1ccc(C)cc1/N=C/c1cn(C)cn1. The van der Waals surface area contributed by atoms with E-state index in [9.17, 15) is 0 Å². The number of ether oxygens (including phenoxy) is 1. The lowest BCUT2D eigenvalue weighted by atomic mass is 10.2. The van der Waals surface area contributed by atoms with Gasteiger partial charge in [0.1, 0.15) is 11.4 Å². The van der Waals surface area contributed by atoms with Gasteiger partial charge < -0.3 is 9.30 Å². The molecule has 1 heterocycles. The summed E-state index contributed by atoms with van der Waals surface area (Å²) >= 11 is 0. The van der Waals surface area contributed by atoms with Crippen LogP contribution in [0.1, 0.15) is 11.3 Å². The van der Waals surface area contributed by atoms with Gasteiger partial charge in [-0.15, -0.1) is 0 Å². The van der Waals surface area contributed by atoms with Crippen LogP contribution in [0, 0.1) is 6.92 Å². The van der Waals surface area contributed by atoms with E-state index in [1.807, 2.05) is 42.9 Å². The van der Waals surface area contributed by atoms with Crippen LogP contribution >= 0.6 is 0 Å². The molecule has 0 spiro atoms. The van der Waals surface area contributed by atoms with Gasteiger partial charge in [0, 0.05) is 13.2 Å². The van der Waals surface area contributed by atoms with Crippen molar-refractivity contribution in [2.75, 3.05) is 7.11 Å². The first-order chi connectivity index (χ1) is 8.19. The highest BCUT2D eigenvalue weighted by molar-refractivity contribution is 5.80. The van der Waals surface area contributed by atoms with E-state index in [0.717, 1.165) is 22.7 Å². The van der Waals surface area contributed by atoms with Gasteiger partial charge in [-0.05, 0) is 24.6 Å². The van der Waals surface area contributed by atoms with Crippen molar-refractivity contribution in [3.63, 3.8) is 0 Å². The van der Waals surface area contributed by atoms with Crippen molar-refractivity contribution in [3.05, 3.63) is 42.0 Å². The van der Waals surface area contributed by atoms with E-state index in [-0.39, 0.29) is 0 Å². The first kappa shape index (κ1) is 11.4. The van der Waals surface area contributed by atoms with E-state index >= 15 is 0 Å². The van der Waals surface area contributed by atoms with Crippen molar-refractivity contribution in [2.45, 2.75) is 6.92 Å². The molecule has 2 aromatic rings. The monoisotopic (exact) mass is 229 g/mol. The first-order valence-electron chi connectivity index (χ1n) is 5.35. The fraction of sp³-hybridized carbons (Fsp3) is 0.231. The van der Waals surface area contributed by atoms with Crippen LogP contribution in [0.25, 0.3) is 0 Å². The van der Waals surface area contributed by atoms with Gasteiger partial charge in [-0.1, -0.05) is 6.07 Å². The topological polar surface area (TPSA) is 39.4 Å². The van der Waals surface area contributed by atoms with Crippen LogP contribution in [0.5, 0.6) is 5.75 Å². The van der Waals surface area contributed by atoms with E-state index in [0.29, 0.717) is 0 Å². The molecule has 0 amide bonds. The Labute approximate surface area is 101 Å². The predicted molar refractivity (Wildman–Crippen MR) is 68.2 cm³/mol. The molecule has 1 aromatic heterocycles. The van der Waals surface area contributed by atoms with Crippen LogP contribution in [0.15, 0.2) is 35.7 Å². The lowest BCUT2D eigenvalue weighted by molar-refractivity contribution is 0.416. The van der Waals surface area contributed by atoms with Gasteiger partial charge in [0.2, 0.25) is 0 Å². The number of benzene rings is 1. The molecule has 4 heteroatoms. The van der Waals surface area contributed by atoms with Crippen LogP contribution in [0.3, 0.4) is 0 Å². The van der Waals surface area contributed by atoms with Gasteiger partial charge in [0.05, 0.1) is 25.3 Å². The van der Waals surface area contributed by atoms with Crippen LogP contribution in [-0.4, -0.2) is 22.9 Å². The molecule has 0 aliphatic rings. The summed E-state index contributed by atoms with van der Waals surface area (Å²) in [4.78, 5) is 8.58. The molecule has 0 atom stereocenters. The smallest absolute Gasteiger partial charge is 0.144 e. The van der Waals surface area contributed by atoms with Crippen LogP contribution in [0.4, 0.5) is 5.69 Å². The number of aryl methyl sites for hydroxylation is 2. The maximum absolute atomic E-state index is 5.25. The maximum atomic E-state index is 5.25. The number of aliphatic imine (C=N–C) groups is 1. The molecule has 0 bridgehead atoms. The molecular formula is C13H15N3O. The van der Waals surface area contributed by atoms with Crippen LogP contribution in [0.2, 0.25) is 0 Å². The highest BCUT2D eigenvalue weighted by atomic mass is 16.5. The molecular weight excluding hydrogens is 214 g/mol. The highest BCUT2D eigenvalue weighted by Crippen LogP contribution is 2.27. The van der Waals surface area contributed by atoms with Crippen molar-refractivity contribution < 1.29 is 4.74 Å². The first-order valence-corrected chi connectivity index (χ1v) is 5.35. The van der Waals surface area contributed by atoms with Gasteiger partial charge >= 0.3 is 0 Å². The molecule has 0 radical (unpaired) electrons. The Kier molecular flexibility index (Phi) is 3.23. The largest absolute Gasteiger partial charge is 0.494 e. The normalized spacial score (nSPS) is 11.0. The number of aromatic nitrogens is 2. The van der Waals surface area contributed by atoms with E-state index in [2.05, 4.69) is 9.98 Å². The minimum absolute atomic E-state index is 0.766. The zero-order valence-corrected chi connectivity index (χ0v) is 10.2. The molecule has 1 aromatic carbocycles. The molecule has 0 aliphatic heterocycles. The van der Waals surface area contributed by atoms with Gasteiger partial charge in [0.15, 0.2) is 0 Å². The molecule has 0 unspecified atom stereocenters. The fourth-order valence-corrected chi connectivity index (χ4v) is 1.54. The molecule has 0 fully saturated rings. The number of imidazole rings is 1. The van der Waals surface area contributed by atoms with Crippen molar-refractivity contribution >= 4 is 11.9 Å². The second-order valence-electron chi connectivity index (χ2n) is 3.90. The Balaban J connectivity index is 2.28. The standard InChI is InChI=1S/C13H15N3O/c1-10-4-5-13(17-3)12(6-10)14-7-11-8-16(2)9-15-11/h4-9H,1-3H3/b14-7+. The van der Waals surface area contributed by atoms with Gasteiger partial charge in [-0.25, -0.2) is 4.98 Å². The Morgan fingerprint density at radius 1 is 1.41 bits per heavy atom. The Hall–Kier alpha value is -2.10. The summed E-state index contributed by atoms with van der Waals surface area (Å²) < 4.78 is 7.14. The van der Waals surface area contributed by atoms with Crippen molar-refractivity contribution in [1.29, 1.82) is 0 Å². The molecule has 0 N–H and O–H groups in total. The van der Waals surface area contributed by atoms with E-state index in [1.54, 1.807) is 19.7 Å². The second kappa shape index (κ2) is 4.82. The van der Waals surface area contributed by atoms with E-state index < -0.39 is 0 Å². The minimum Gasteiger partial charge on any atom is -0.494 e. The van der Waals surface area contributed by atoms with Crippen molar-refractivity contribution in [2.24, 2.45) is 12.0 Å². The average molecular weight is 229 g/mol. The number of hydrogen-bond acceptors (Lipinski definition) is 3. The number of hydrogen-bond donors (Lipinski definition) is 0. The molecule has 4 nitrogen and oxygen atoms in total. The zero-order valence-electron chi connectivity index (χ0n) is 10.2. The lowest BCUT2D eigenvalue weighted by Crippen LogP contribution is -1.85. The van der Waals surface area contributed by atoms with Crippen molar-refractivity contribution in [3.8, 4) is 5.75 Å².